The van der Waals surface area contributed by atoms with Crippen molar-refractivity contribution in [2.24, 2.45) is 11.0 Å². The summed E-state index contributed by atoms with van der Waals surface area (Å²) < 4.78 is 80.8. The molecule has 0 spiro atoms. The summed E-state index contributed by atoms with van der Waals surface area (Å²) in [4.78, 5) is 7.34. The number of fused-ring (bicyclic) bond motifs is 1. The minimum Gasteiger partial charge on any atom is -0.493 e. The highest BCUT2D eigenvalue weighted by molar-refractivity contribution is 5.80. The van der Waals surface area contributed by atoms with Crippen LogP contribution in [0.15, 0.2) is 53.6 Å². The molecular formula is C29H25F5N6O2. The molecule has 2 aromatic carbocycles. The topological polar surface area (TPSA) is 88.5 Å². The van der Waals surface area contributed by atoms with Gasteiger partial charge in [-0.15, -0.1) is 0 Å². The third-order valence-corrected chi connectivity index (χ3v) is 7.16. The molecule has 0 aliphatic carbocycles. The van der Waals surface area contributed by atoms with Gasteiger partial charge < -0.3 is 14.5 Å². The van der Waals surface area contributed by atoms with Crippen molar-refractivity contribution < 1.29 is 31.4 Å². The third kappa shape index (κ3) is 5.96. The number of nitrogens with zero attached hydrogens (tertiary/aromatic N) is 5. The highest BCUT2D eigenvalue weighted by Gasteiger charge is 2.35. The van der Waals surface area contributed by atoms with E-state index in [-0.39, 0.29) is 47.4 Å². The van der Waals surface area contributed by atoms with E-state index in [1.165, 1.54) is 36.5 Å². The van der Waals surface area contributed by atoms with Gasteiger partial charge in [0, 0.05) is 18.8 Å². The quantitative estimate of drug-likeness (QED) is 0.269. The van der Waals surface area contributed by atoms with Crippen molar-refractivity contribution in [3.05, 3.63) is 82.8 Å². The van der Waals surface area contributed by atoms with Crippen LogP contribution in [-0.4, -0.2) is 51.2 Å². The van der Waals surface area contributed by atoms with Crippen LogP contribution in [0.4, 0.5) is 22.0 Å². The van der Waals surface area contributed by atoms with Crippen LogP contribution in [0.5, 0.6) is 5.75 Å². The average molecular weight is 585 g/mol. The highest BCUT2D eigenvalue weighted by atomic mass is 19.4. The van der Waals surface area contributed by atoms with Gasteiger partial charge >= 0.3 is 6.18 Å². The van der Waals surface area contributed by atoms with Gasteiger partial charge in [-0.1, -0.05) is 6.07 Å². The summed E-state index contributed by atoms with van der Waals surface area (Å²) in [6.45, 7) is 2.03. The summed E-state index contributed by atoms with van der Waals surface area (Å²) in [5.74, 6) is -1.41. The number of imidazole rings is 1. The summed E-state index contributed by atoms with van der Waals surface area (Å²) in [7, 11) is 0. The van der Waals surface area contributed by atoms with Crippen LogP contribution in [0.1, 0.15) is 35.5 Å². The van der Waals surface area contributed by atoms with E-state index < -0.39 is 23.4 Å². The molecule has 1 saturated heterocycles. The fourth-order valence-electron chi connectivity index (χ4n) is 4.89. The van der Waals surface area contributed by atoms with Crippen molar-refractivity contribution in [3.63, 3.8) is 0 Å². The SMILES string of the molecule is Fc1cccc(-c2nc3c([nH]2)C=NN(Cc2ccc(-c4ccc(OCC5CCOCC5)cc4C(F)(F)F)nn2)C3)c1F. The minimum absolute atomic E-state index is 0.00273. The molecule has 13 heteroatoms. The third-order valence-electron chi connectivity index (χ3n) is 7.16. The molecule has 2 aliphatic rings. The maximum atomic E-state index is 14.2. The summed E-state index contributed by atoms with van der Waals surface area (Å²) in [6.07, 6.45) is -1.48. The first-order valence-electron chi connectivity index (χ1n) is 13.3. The number of rotatable bonds is 7. The van der Waals surface area contributed by atoms with E-state index in [1.807, 2.05) is 0 Å². The van der Waals surface area contributed by atoms with Crippen molar-refractivity contribution in [3.8, 4) is 28.4 Å². The fraction of sp³-hybridized carbons (Fsp3) is 0.310. The van der Waals surface area contributed by atoms with Crippen LogP contribution in [0.2, 0.25) is 0 Å². The molecule has 4 heterocycles. The second kappa shape index (κ2) is 11.5. The zero-order chi connectivity index (χ0) is 29.3. The predicted molar refractivity (Wildman–Crippen MR) is 142 cm³/mol. The Balaban J connectivity index is 1.14. The van der Waals surface area contributed by atoms with Gasteiger partial charge in [-0.25, -0.2) is 13.8 Å². The molecule has 1 fully saturated rings. The molecule has 2 aliphatic heterocycles. The lowest BCUT2D eigenvalue weighted by molar-refractivity contribution is -0.137. The molecule has 0 radical (unpaired) electrons. The predicted octanol–water partition coefficient (Wildman–Crippen LogP) is 5.99. The zero-order valence-corrected chi connectivity index (χ0v) is 22.2. The second-order valence-electron chi connectivity index (χ2n) is 10.1. The van der Waals surface area contributed by atoms with Crippen molar-refractivity contribution in [1.82, 2.24) is 25.2 Å². The van der Waals surface area contributed by atoms with Gasteiger partial charge in [0.2, 0.25) is 0 Å². The molecule has 6 rings (SSSR count). The number of hydrogen-bond acceptors (Lipinski definition) is 7. The van der Waals surface area contributed by atoms with E-state index >= 15 is 0 Å². The van der Waals surface area contributed by atoms with Gasteiger partial charge in [0.15, 0.2) is 11.6 Å². The van der Waals surface area contributed by atoms with Gasteiger partial charge in [-0.05, 0) is 61.2 Å². The number of hydrazone groups is 1. The van der Waals surface area contributed by atoms with Crippen LogP contribution in [0.25, 0.3) is 22.6 Å². The number of halogens is 5. The molecule has 2 aromatic heterocycles. The summed E-state index contributed by atoms with van der Waals surface area (Å²) in [6, 6.07) is 10.8. The zero-order valence-electron chi connectivity index (χ0n) is 22.2. The lowest BCUT2D eigenvalue weighted by atomic mass is 10.0. The molecule has 4 aromatic rings. The number of hydrogen-bond donors (Lipinski definition) is 1. The summed E-state index contributed by atoms with van der Waals surface area (Å²) in [5.41, 5.74) is 0.716. The average Bonchev–Trinajstić information content (AvgIpc) is 3.41. The van der Waals surface area contributed by atoms with Crippen molar-refractivity contribution >= 4 is 6.21 Å². The standard InChI is InChI=1S/C29H25F5N6O2/c30-23-3-1-2-21(27(23)31)28-36-25-13-35-40(15-26(25)37-28)14-18-4-7-24(39-38-18)20-6-5-19(12-22(20)29(32,33)34)42-16-17-8-10-41-11-9-17/h1-7,12-13,17H,8-11,14-16H2,(H,36,37). The molecular weight excluding hydrogens is 559 g/mol. The molecule has 1 N–H and O–H groups in total. The first-order valence-corrected chi connectivity index (χ1v) is 13.3. The number of alkyl halides is 3. The molecule has 0 saturated carbocycles. The number of aromatic amines is 1. The number of aromatic nitrogens is 4. The molecule has 0 amide bonds. The lowest BCUT2D eigenvalue weighted by Crippen LogP contribution is -2.22. The first kappa shape index (κ1) is 27.8. The van der Waals surface area contributed by atoms with Crippen LogP contribution in [-0.2, 0) is 24.0 Å². The van der Waals surface area contributed by atoms with E-state index in [4.69, 9.17) is 9.47 Å². The fourth-order valence-corrected chi connectivity index (χ4v) is 4.89. The lowest BCUT2D eigenvalue weighted by Gasteiger charge is -2.22. The van der Waals surface area contributed by atoms with Gasteiger partial charge in [-0.2, -0.15) is 28.5 Å². The Morgan fingerprint density at radius 3 is 2.60 bits per heavy atom. The minimum atomic E-state index is -4.62. The maximum absolute atomic E-state index is 14.2. The Morgan fingerprint density at radius 1 is 1.00 bits per heavy atom. The Bertz CT molecular complexity index is 1600. The number of ether oxygens (including phenoxy) is 2. The van der Waals surface area contributed by atoms with Crippen LogP contribution < -0.4 is 4.74 Å². The van der Waals surface area contributed by atoms with E-state index in [2.05, 4.69) is 25.3 Å². The van der Waals surface area contributed by atoms with Crippen LogP contribution in [0.3, 0.4) is 0 Å². The number of benzene rings is 2. The number of H-pyrrole nitrogens is 1. The highest BCUT2D eigenvalue weighted by Crippen LogP contribution is 2.39. The van der Waals surface area contributed by atoms with E-state index in [0.717, 1.165) is 25.0 Å². The van der Waals surface area contributed by atoms with Gasteiger partial charge in [0.05, 0.1) is 59.8 Å². The Kier molecular flexibility index (Phi) is 7.58. The Labute approximate surface area is 237 Å². The van der Waals surface area contributed by atoms with Gasteiger partial charge in [0.1, 0.15) is 11.6 Å². The summed E-state index contributed by atoms with van der Waals surface area (Å²) in [5, 5.41) is 14.2. The second-order valence-corrected chi connectivity index (χ2v) is 10.1. The molecule has 42 heavy (non-hydrogen) atoms. The Morgan fingerprint density at radius 2 is 1.83 bits per heavy atom. The van der Waals surface area contributed by atoms with Crippen LogP contribution >= 0.6 is 0 Å². The van der Waals surface area contributed by atoms with Crippen molar-refractivity contribution in [2.75, 3.05) is 19.8 Å². The monoisotopic (exact) mass is 584 g/mol. The van der Waals surface area contributed by atoms with Gasteiger partial charge in [0.25, 0.3) is 0 Å². The smallest absolute Gasteiger partial charge is 0.417 e. The van der Waals surface area contributed by atoms with Crippen molar-refractivity contribution in [1.29, 1.82) is 0 Å². The van der Waals surface area contributed by atoms with Crippen LogP contribution in [0, 0.1) is 17.6 Å². The van der Waals surface area contributed by atoms with E-state index in [0.29, 0.717) is 36.9 Å². The van der Waals surface area contributed by atoms with Gasteiger partial charge in [-0.3, -0.25) is 5.01 Å². The molecule has 0 atom stereocenters. The van der Waals surface area contributed by atoms with E-state index in [1.54, 1.807) is 11.1 Å². The first-order chi connectivity index (χ1) is 20.2. The molecule has 0 bridgehead atoms. The largest absolute Gasteiger partial charge is 0.493 e. The molecule has 218 valence electrons. The van der Waals surface area contributed by atoms with E-state index in [9.17, 15) is 22.0 Å². The molecule has 0 unspecified atom stereocenters. The maximum Gasteiger partial charge on any atom is 0.417 e. The summed E-state index contributed by atoms with van der Waals surface area (Å²) >= 11 is 0. The van der Waals surface area contributed by atoms with Crippen molar-refractivity contribution in [2.45, 2.75) is 32.1 Å². The number of nitrogens with one attached hydrogen (secondary N) is 1. The normalized spacial score (nSPS) is 15.6. The Hall–Kier alpha value is -4.39. The molecule has 8 nitrogen and oxygen atoms in total.